The average Bonchev–Trinajstić information content (AvgIpc) is 2.93. The number of rotatable bonds is 3. The molecule has 1 atom stereocenters. The van der Waals surface area contributed by atoms with Crippen LogP contribution in [0.1, 0.15) is 23.2 Å². The highest BCUT2D eigenvalue weighted by atomic mass is 16.5. The highest BCUT2D eigenvalue weighted by molar-refractivity contribution is 5.82. The number of aromatic nitrogens is 2. The second-order valence-corrected chi connectivity index (χ2v) is 6.51. The van der Waals surface area contributed by atoms with Gasteiger partial charge in [0, 0.05) is 25.9 Å². The summed E-state index contributed by atoms with van der Waals surface area (Å²) in [6.07, 6.45) is 1.41. The predicted molar refractivity (Wildman–Crippen MR) is 91.3 cm³/mol. The van der Waals surface area contributed by atoms with Gasteiger partial charge < -0.3 is 20.1 Å². The molecule has 4 rings (SSSR count). The molecular weight excluding hydrogens is 320 g/mol. The van der Waals surface area contributed by atoms with Gasteiger partial charge in [-0.05, 0) is 17.7 Å². The van der Waals surface area contributed by atoms with E-state index in [1.165, 1.54) is 0 Å². The SMILES string of the molecule is COc1ccc(CN2Cc3c(nn4c3OCCC4)CC(N)C2=O)cc1. The lowest BCUT2D eigenvalue weighted by Gasteiger charge is -2.24. The van der Waals surface area contributed by atoms with Crippen molar-refractivity contribution in [3.63, 3.8) is 0 Å². The molecule has 2 aliphatic rings. The van der Waals surface area contributed by atoms with Crippen molar-refractivity contribution in [3.05, 3.63) is 41.1 Å². The first-order valence-electron chi connectivity index (χ1n) is 8.54. The van der Waals surface area contributed by atoms with Crippen molar-refractivity contribution in [3.8, 4) is 11.6 Å². The summed E-state index contributed by atoms with van der Waals surface area (Å²) in [6, 6.07) is 7.15. The molecule has 0 bridgehead atoms. The Morgan fingerprint density at radius 2 is 2.16 bits per heavy atom. The third-order valence-corrected chi connectivity index (χ3v) is 4.76. The Morgan fingerprint density at radius 1 is 1.36 bits per heavy atom. The van der Waals surface area contributed by atoms with Gasteiger partial charge in [0.15, 0.2) is 0 Å². The first-order valence-corrected chi connectivity index (χ1v) is 8.54. The number of carbonyl (C=O) groups excluding carboxylic acids is 1. The maximum absolute atomic E-state index is 12.7. The number of aryl methyl sites for hydroxylation is 1. The summed E-state index contributed by atoms with van der Waals surface area (Å²) in [5.74, 6) is 1.54. The van der Waals surface area contributed by atoms with Crippen LogP contribution in [-0.2, 0) is 30.8 Å². The fourth-order valence-electron chi connectivity index (χ4n) is 3.43. The molecule has 0 saturated heterocycles. The molecule has 0 fully saturated rings. The van der Waals surface area contributed by atoms with Crippen LogP contribution in [0, 0.1) is 0 Å². The van der Waals surface area contributed by atoms with Gasteiger partial charge in [0.05, 0.1) is 37.6 Å². The lowest BCUT2D eigenvalue weighted by Crippen LogP contribution is -2.42. The van der Waals surface area contributed by atoms with Crippen molar-refractivity contribution in [2.24, 2.45) is 5.73 Å². The summed E-state index contributed by atoms with van der Waals surface area (Å²) in [4.78, 5) is 14.5. The molecular formula is C18H22N4O3. The Balaban J connectivity index is 1.62. The van der Waals surface area contributed by atoms with E-state index < -0.39 is 6.04 Å². The summed E-state index contributed by atoms with van der Waals surface area (Å²) in [6.45, 7) is 2.52. The molecule has 0 aliphatic carbocycles. The van der Waals surface area contributed by atoms with Gasteiger partial charge in [0.1, 0.15) is 5.75 Å². The van der Waals surface area contributed by atoms with Gasteiger partial charge in [0.25, 0.3) is 0 Å². The number of ether oxygens (including phenoxy) is 2. The lowest BCUT2D eigenvalue weighted by atomic mass is 10.1. The summed E-state index contributed by atoms with van der Waals surface area (Å²) in [7, 11) is 1.64. The van der Waals surface area contributed by atoms with E-state index in [9.17, 15) is 4.79 Å². The molecule has 2 aliphatic heterocycles. The molecule has 0 spiro atoms. The highest BCUT2D eigenvalue weighted by Gasteiger charge is 2.33. The summed E-state index contributed by atoms with van der Waals surface area (Å²) >= 11 is 0. The largest absolute Gasteiger partial charge is 0.497 e. The molecule has 25 heavy (non-hydrogen) atoms. The lowest BCUT2D eigenvalue weighted by molar-refractivity contribution is -0.133. The van der Waals surface area contributed by atoms with Crippen LogP contribution >= 0.6 is 0 Å². The molecule has 7 heteroatoms. The zero-order valence-corrected chi connectivity index (χ0v) is 14.3. The van der Waals surface area contributed by atoms with E-state index in [0.717, 1.165) is 41.4 Å². The molecule has 132 valence electrons. The Labute approximate surface area is 146 Å². The standard InChI is InChI=1S/C18H22N4O3/c1-24-13-5-3-12(4-6-13)10-21-11-14-16(9-15(19)17(21)23)20-22-7-2-8-25-18(14)22/h3-6,15H,2,7-11,19H2,1H3. The quantitative estimate of drug-likeness (QED) is 0.903. The maximum Gasteiger partial charge on any atom is 0.240 e. The van der Waals surface area contributed by atoms with Gasteiger partial charge in [-0.2, -0.15) is 5.10 Å². The number of hydrogen-bond acceptors (Lipinski definition) is 5. The van der Waals surface area contributed by atoms with Crippen LogP contribution in [0.2, 0.25) is 0 Å². The van der Waals surface area contributed by atoms with E-state index >= 15 is 0 Å². The average molecular weight is 342 g/mol. The summed E-state index contributed by atoms with van der Waals surface area (Å²) < 4.78 is 12.9. The van der Waals surface area contributed by atoms with Crippen LogP contribution in [0.3, 0.4) is 0 Å². The molecule has 0 radical (unpaired) electrons. The van der Waals surface area contributed by atoms with Gasteiger partial charge >= 0.3 is 0 Å². The molecule has 2 N–H and O–H groups in total. The minimum absolute atomic E-state index is 0.0524. The van der Waals surface area contributed by atoms with Crippen LogP contribution < -0.4 is 15.2 Å². The Bertz CT molecular complexity index is 784. The van der Waals surface area contributed by atoms with E-state index in [0.29, 0.717) is 26.1 Å². The normalized spacial score (nSPS) is 19.7. The third-order valence-electron chi connectivity index (χ3n) is 4.76. The number of hydrogen-bond donors (Lipinski definition) is 1. The number of carbonyl (C=O) groups is 1. The van der Waals surface area contributed by atoms with E-state index in [-0.39, 0.29) is 5.91 Å². The van der Waals surface area contributed by atoms with Crippen molar-refractivity contribution < 1.29 is 14.3 Å². The molecule has 7 nitrogen and oxygen atoms in total. The van der Waals surface area contributed by atoms with Crippen molar-refractivity contribution in [2.75, 3.05) is 13.7 Å². The van der Waals surface area contributed by atoms with E-state index in [4.69, 9.17) is 15.2 Å². The van der Waals surface area contributed by atoms with Crippen LogP contribution in [-0.4, -0.2) is 40.3 Å². The van der Waals surface area contributed by atoms with Gasteiger partial charge in [0.2, 0.25) is 11.8 Å². The Hall–Kier alpha value is -2.54. The second kappa shape index (κ2) is 6.40. The number of methoxy groups -OCH3 is 1. The Morgan fingerprint density at radius 3 is 2.92 bits per heavy atom. The fourth-order valence-corrected chi connectivity index (χ4v) is 3.43. The smallest absolute Gasteiger partial charge is 0.240 e. The zero-order valence-electron chi connectivity index (χ0n) is 14.3. The van der Waals surface area contributed by atoms with Crippen LogP contribution in [0.15, 0.2) is 24.3 Å². The highest BCUT2D eigenvalue weighted by Crippen LogP contribution is 2.31. The van der Waals surface area contributed by atoms with Gasteiger partial charge in [-0.1, -0.05) is 12.1 Å². The number of fused-ring (bicyclic) bond motifs is 3. The van der Waals surface area contributed by atoms with Crippen molar-refractivity contribution >= 4 is 5.91 Å². The topological polar surface area (TPSA) is 82.6 Å². The Kier molecular flexibility index (Phi) is 4.09. The fraction of sp³-hybridized carbons (Fsp3) is 0.444. The first-order chi connectivity index (χ1) is 12.2. The number of nitrogens with zero attached hydrogens (tertiary/aromatic N) is 3. The van der Waals surface area contributed by atoms with Gasteiger partial charge in [-0.3, -0.25) is 4.79 Å². The molecule has 1 aromatic carbocycles. The van der Waals surface area contributed by atoms with E-state index in [1.807, 2.05) is 28.9 Å². The summed E-state index contributed by atoms with van der Waals surface area (Å²) in [5.41, 5.74) is 9.05. The second-order valence-electron chi connectivity index (χ2n) is 6.51. The first kappa shape index (κ1) is 16.0. The molecule has 2 aromatic rings. The summed E-state index contributed by atoms with van der Waals surface area (Å²) in [5, 5.41) is 4.62. The predicted octanol–water partition coefficient (Wildman–Crippen LogP) is 1.09. The maximum atomic E-state index is 12.7. The minimum Gasteiger partial charge on any atom is -0.497 e. The number of benzene rings is 1. The minimum atomic E-state index is -0.573. The number of nitrogens with two attached hydrogens (primary N) is 1. The molecule has 3 heterocycles. The van der Waals surface area contributed by atoms with Crippen LogP contribution in [0.4, 0.5) is 0 Å². The van der Waals surface area contributed by atoms with E-state index in [1.54, 1.807) is 12.0 Å². The molecule has 0 saturated carbocycles. The zero-order chi connectivity index (χ0) is 17.4. The van der Waals surface area contributed by atoms with Gasteiger partial charge in [-0.15, -0.1) is 0 Å². The monoisotopic (exact) mass is 342 g/mol. The van der Waals surface area contributed by atoms with Crippen molar-refractivity contribution in [1.29, 1.82) is 0 Å². The van der Waals surface area contributed by atoms with Crippen LogP contribution in [0.25, 0.3) is 0 Å². The number of amides is 1. The molecule has 1 aromatic heterocycles. The van der Waals surface area contributed by atoms with E-state index in [2.05, 4.69) is 5.10 Å². The van der Waals surface area contributed by atoms with Crippen molar-refractivity contribution in [2.45, 2.75) is 38.5 Å². The van der Waals surface area contributed by atoms with Gasteiger partial charge in [-0.25, -0.2) is 4.68 Å². The van der Waals surface area contributed by atoms with Crippen molar-refractivity contribution in [1.82, 2.24) is 14.7 Å². The van der Waals surface area contributed by atoms with Crippen LogP contribution in [0.5, 0.6) is 11.6 Å². The third kappa shape index (κ3) is 2.95. The molecule has 1 amide bonds. The molecule has 1 unspecified atom stereocenters.